The van der Waals surface area contributed by atoms with E-state index in [1.165, 1.54) is 24.8 Å². The van der Waals surface area contributed by atoms with Crippen LogP contribution in [0.1, 0.15) is 71.6 Å². The number of allylic oxidation sites excluding steroid dienone is 1. The van der Waals surface area contributed by atoms with E-state index in [-0.39, 0.29) is 17.1 Å². The number of fused-ring (bicyclic) bond motifs is 10. The quantitative estimate of drug-likeness (QED) is 0.722. The number of hydrogen-bond acceptors (Lipinski definition) is 4. The van der Waals surface area contributed by atoms with Crippen molar-refractivity contribution in [1.29, 1.82) is 0 Å². The van der Waals surface area contributed by atoms with Gasteiger partial charge in [-0.2, -0.15) is 0 Å². The summed E-state index contributed by atoms with van der Waals surface area (Å²) in [5.74, 6) is 5.13. The third-order valence-corrected chi connectivity index (χ3v) is 11.6. The van der Waals surface area contributed by atoms with Gasteiger partial charge in [0.2, 0.25) is 0 Å². The molecule has 1 aliphatic heterocycles. The van der Waals surface area contributed by atoms with Gasteiger partial charge < -0.3 is 14.6 Å². The van der Waals surface area contributed by atoms with Crippen molar-refractivity contribution in [3.8, 4) is 0 Å². The predicted molar refractivity (Wildman–Crippen MR) is 116 cm³/mol. The zero-order chi connectivity index (χ0) is 21.2. The van der Waals surface area contributed by atoms with Crippen LogP contribution in [-0.2, 0) is 14.3 Å². The second kappa shape index (κ2) is 6.24. The highest BCUT2D eigenvalue weighted by molar-refractivity contribution is 5.92. The summed E-state index contributed by atoms with van der Waals surface area (Å²) in [6.07, 6.45) is 11.3. The molecule has 0 aromatic heterocycles. The van der Waals surface area contributed by atoms with Crippen molar-refractivity contribution >= 4 is 5.78 Å². The Morgan fingerprint density at radius 1 is 1.10 bits per heavy atom. The van der Waals surface area contributed by atoms with Gasteiger partial charge in [0.25, 0.3) is 0 Å². The first-order valence-corrected chi connectivity index (χ1v) is 13.1. The number of hydrogen-bond donors (Lipinski definition) is 1. The molecule has 0 spiro atoms. The smallest absolute Gasteiger partial charge is 0.157 e. The molecular formula is C27H38O4. The van der Waals surface area contributed by atoms with Gasteiger partial charge in [0.05, 0.1) is 18.8 Å². The summed E-state index contributed by atoms with van der Waals surface area (Å²) in [4.78, 5) is 12.2. The molecule has 4 heteroatoms. The van der Waals surface area contributed by atoms with Crippen molar-refractivity contribution in [2.45, 2.75) is 83.5 Å². The minimum atomic E-state index is -0.554. The number of carbonyl (C=O) groups excluding carboxylic acids is 1. The minimum Gasteiger partial charge on any atom is -0.389 e. The summed E-state index contributed by atoms with van der Waals surface area (Å²) >= 11 is 0. The normalized spacial score (nSPS) is 57.2. The van der Waals surface area contributed by atoms with E-state index >= 15 is 0 Å². The lowest BCUT2D eigenvalue weighted by Crippen LogP contribution is -2.57. The fourth-order valence-electron chi connectivity index (χ4n) is 10.0. The van der Waals surface area contributed by atoms with Gasteiger partial charge in [-0.3, -0.25) is 4.79 Å². The van der Waals surface area contributed by atoms with Crippen LogP contribution in [0.3, 0.4) is 0 Å². The Bertz CT molecular complexity index is 844. The van der Waals surface area contributed by atoms with Gasteiger partial charge in [0.1, 0.15) is 0 Å². The Balaban J connectivity index is 1.19. The molecular weight excluding hydrogens is 388 g/mol. The van der Waals surface area contributed by atoms with Crippen LogP contribution in [0.15, 0.2) is 11.6 Å². The topological polar surface area (TPSA) is 55.8 Å². The first kappa shape index (κ1) is 19.7. The first-order valence-electron chi connectivity index (χ1n) is 13.1. The van der Waals surface area contributed by atoms with Crippen LogP contribution in [0.5, 0.6) is 0 Å². The van der Waals surface area contributed by atoms with E-state index in [4.69, 9.17) is 9.47 Å². The standard InChI is InChI=1S/C27H38O4/c1-25-7-4-15(28)12-20(25)16-13-17(16)23-19(25)5-8-26(2)24(23)18-14-21(18)27(26,29)9-6-22-30-10-3-11-31-22/h12,16-19,21-24,29H,3-11,13-14H2,1-2H3/t16-,17+,18?,19?,21+,23?,24?,25-,26+,27+/m1/s1. The van der Waals surface area contributed by atoms with E-state index < -0.39 is 5.60 Å². The van der Waals surface area contributed by atoms with Gasteiger partial charge in [-0.05, 0) is 103 Å². The van der Waals surface area contributed by atoms with E-state index in [0.29, 0.717) is 29.5 Å². The molecule has 0 radical (unpaired) electrons. The molecule has 0 aromatic carbocycles. The second-order valence-corrected chi connectivity index (χ2v) is 12.6. The molecule has 6 fully saturated rings. The van der Waals surface area contributed by atoms with Crippen LogP contribution < -0.4 is 0 Å². The summed E-state index contributed by atoms with van der Waals surface area (Å²) in [6.45, 7) is 6.51. The van der Waals surface area contributed by atoms with Crippen LogP contribution in [0.25, 0.3) is 0 Å². The van der Waals surface area contributed by atoms with E-state index in [2.05, 4.69) is 19.9 Å². The average molecular weight is 427 g/mol. The van der Waals surface area contributed by atoms with Crippen molar-refractivity contribution in [3.63, 3.8) is 0 Å². The number of carbonyl (C=O) groups is 1. The summed E-state index contributed by atoms with van der Waals surface area (Å²) in [5, 5.41) is 12.2. The summed E-state index contributed by atoms with van der Waals surface area (Å²) in [6, 6.07) is 0. The molecule has 1 heterocycles. The van der Waals surface area contributed by atoms with Crippen molar-refractivity contribution < 1.29 is 19.4 Å². The highest BCUT2D eigenvalue weighted by Gasteiger charge is 2.78. The van der Waals surface area contributed by atoms with Gasteiger partial charge >= 0.3 is 0 Å². The number of ether oxygens (including phenoxy) is 2. The molecule has 0 amide bonds. The van der Waals surface area contributed by atoms with Crippen molar-refractivity contribution in [2.75, 3.05) is 13.2 Å². The average Bonchev–Trinajstić information content (AvgIpc) is 3.67. The van der Waals surface area contributed by atoms with Crippen molar-refractivity contribution in [1.82, 2.24) is 0 Å². The Labute approximate surface area is 186 Å². The monoisotopic (exact) mass is 426 g/mol. The summed E-state index contributed by atoms with van der Waals surface area (Å²) in [7, 11) is 0. The van der Waals surface area contributed by atoms with Crippen molar-refractivity contribution in [3.05, 3.63) is 11.6 Å². The number of ketones is 1. The molecule has 0 bridgehead atoms. The van der Waals surface area contributed by atoms with Gasteiger partial charge in [0.15, 0.2) is 12.1 Å². The molecule has 7 rings (SSSR count). The molecule has 4 unspecified atom stereocenters. The van der Waals surface area contributed by atoms with Crippen LogP contribution in [0, 0.1) is 52.3 Å². The molecule has 6 aliphatic carbocycles. The molecule has 170 valence electrons. The maximum Gasteiger partial charge on any atom is 0.157 e. The lowest BCUT2D eigenvalue weighted by Gasteiger charge is -2.60. The fourth-order valence-corrected chi connectivity index (χ4v) is 10.0. The second-order valence-electron chi connectivity index (χ2n) is 12.6. The van der Waals surface area contributed by atoms with E-state index in [1.807, 2.05) is 0 Å². The van der Waals surface area contributed by atoms with Gasteiger partial charge in [-0.1, -0.05) is 19.4 Å². The molecule has 31 heavy (non-hydrogen) atoms. The Hall–Kier alpha value is -0.710. The van der Waals surface area contributed by atoms with E-state index in [9.17, 15) is 9.90 Å². The van der Waals surface area contributed by atoms with Gasteiger partial charge in [-0.15, -0.1) is 0 Å². The van der Waals surface area contributed by atoms with Gasteiger partial charge in [-0.25, -0.2) is 0 Å². The first-order chi connectivity index (χ1) is 14.9. The third kappa shape index (κ3) is 2.45. The molecule has 0 aromatic rings. The summed E-state index contributed by atoms with van der Waals surface area (Å²) in [5.41, 5.74) is 1.23. The highest BCUT2D eigenvalue weighted by atomic mass is 16.7. The Morgan fingerprint density at radius 2 is 1.90 bits per heavy atom. The maximum atomic E-state index is 12.2. The molecule has 1 saturated heterocycles. The maximum absolute atomic E-state index is 12.2. The number of rotatable bonds is 3. The zero-order valence-corrected chi connectivity index (χ0v) is 19.1. The molecule has 4 nitrogen and oxygen atoms in total. The molecule has 1 N–H and O–H groups in total. The largest absolute Gasteiger partial charge is 0.389 e. The molecule has 5 saturated carbocycles. The fraction of sp³-hybridized carbons (Fsp3) is 0.889. The molecule has 7 aliphatic rings. The lowest BCUT2D eigenvalue weighted by molar-refractivity contribution is -0.199. The van der Waals surface area contributed by atoms with E-state index in [0.717, 1.165) is 69.5 Å². The third-order valence-electron chi connectivity index (χ3n) is 11.6. The van der Waals surface area contributed by atoms with Crippen LogP contribution >= 0.6 is 0 Å². The number of aliphatic hydroxyl groups is 1. The SMILES string of the molecule is C[C@]12CCC(=O)C=C1[C@@H]1C[C@@H]1C1C2CC[C@@]2(C)C1C1C[C@@H]1[C@@]2(O)CCC1OCCCO1. The zero-order valence-electron chi connectivity index (χ0n) is 19.1. The van der Waals surface area contributed by atoms with Crippen LogP contribution in [0.2, 0.25) is 0 Å². The Kier molecular flexibility index (Phi) is 3.97. The van der Waals surface area contributed by atoms with Crippen LogP contribution in [0.4, 0.5) is 0 Å². The minimum absolute atomic E-state index is 0.0334. The predicted octanol–water partition coefficient (Wildman–Crippen LogP) is 4.50. The van der Waals surface area contributed by atoms with Crippen LogP contribution in [-0.4, -0.2) is 36.0 Å². The van der Waals surface area contributed by atoms with Gasteiger partial charge in [0, 0.05) is 12.8 Å². The Morgan fingerprint density at radius 3 is 2.71 bits per heavy atom. The van der Waals surface area contributed by atoms with Crippen molar-refractivity contribution in [2.24, 2.45) is 52.3 Å². The summed E-state index contributed by atoms with van der Waals surface area (Å²) < 4.78 is 11.6. The van der Waals surface area contributed by atoms with E-state index in [1.54, 1.807) is 0 Å². The highest BCUT2D eigenvalue weighted by Crippen LogP contribution is 2.81. The molecule has 10 atom stereocenters. The lowest BCUT2D eigenvalue weighted by atomic mass is 9.45.